The van der Waals surface area contributed by atoms with Gasteiger partial charge in [0.05, 0.1) is 5.69 Å². The number of carbonyl (C=O) groups is 1. The average molecular weight is 368 g/mol. The molecule has 3 aromatic heterocycles. The maximum Gasteiger partial charge on any atom is 0.272 e. The van der Waals surface area contributed by atoms with E-state index in [9.17, 15) is 4.79 Å². The van der Waals surface area contributed by atoms with Crippen LogP contribution in [-0.2, 0) is 7.05 Å². The van der Waals surface area contributed by atoms with Crippen LogP contribution in [0.2, 0.25) is 0 Å². The summed E-state index contributed by atoms with van der Waals surface area (Å²) in [6.07, 6.45) is 1.97. The molecular weight excluding hydrogens is 344 g/mol. The summed E-state index contributed by atoms with van der Waals surface area (Å²) in [6.45, 7) is 5.60. The molecule has 0 bridgehead atoms. The topological polar surface area (TPSA) is 92.0 Å². The Morgan fingerprint density at radius 3 is 2.89 bits per heavy atom. The summed E-state index contributed by atoms with van der Waals surface area (Å²) in [4.78, 5) is 14.9. The minimum absolute atomic E-state index is 0.0764. The number of nitrogens with one attached hydrogen (secondary N) is 2. The highest BCUT2D eigenvalue weighted by Gasteiger charge is 2.25. The highest BCUT2D eigenvalue weighted by Crippen LogP contribution is 2.22. The molecule has 142 valence electrons. The number of anilines is 1. The van der Waals surface area contributed by atoms with Crippen molar-refractivity contribution in [3.05, 3.63) is 41.4 Å². The van der Waals surface area contributed by atoms with E-state index in [-0.39, 0.29) is 11.9 Å². The summed E-state index contributed by atoms with van der Waals surface area (Å²) in [7, 11) is 1.95. The lowest BCUT2D eigenvalue weighted by Gasteiger charge is -2.34. The Balaban J connectivity index is 1.42. The molecule has 27 heavy (non-hydrogen) atoms. The summed E-state index contributed by atoms with van der Waals surface area (Å²) < 4.78 is 7.46. The lowest BCUT2D eigenvalue weighted by Crippen LogP contribution is -2.48. The minimum atomic E-state index is -0.172. The molecule has 1 saturated heterocycles. The van der Waals surface area contributed by atoms with Gasteiger partial charge in [0.2, 0.25) is 0 Å². The van der Waals surface area contributed by atoms with Gasteiger partial charge >= 0.3 is 0 Å². The Morgan fingerprint density at radius 2 is 2.19 bits per heavy atom. The second kappa shape index (κ2) is 6.94. The fourth-order valence-electron chi connectivity index (χ4n) is 3.60. The van der Waals surface area contributed by atoms with E-state index in [0.29, 0.717) is 17.1 Å². The van der Waals surface area contributed by atoms with E-state index in [1.165, 1.54) is 0 Å². The number of hydrogen-bond donors (Lipinski definition) is 2. The van der Waals surface area contributed by atoms with E-state index >= 15 is 0 Å². The molecule has 0 saturated carbocycles. The van der Waals surface area contributed by atoms with E-state index in [4.69, 9.17) is 4.42 Å². The molecule has 2 N–H and O–H groups in total. The molecule has 1 aliphatic heterocycles. The summed E-state index contributed by atoms with van der Waals surface area (Å²) in [5.41, 5.74) is 2.06. The number of aromatic amines is 1. The number of H-pyrrole nitrogens is 1. The van der Waals surface area contributed by atoms with E-state index in [2.05, 4.69) is 31.6 Å². The van der Waals surface area contributed by atoms with Gasteiger partial charge in [-0.25, -0.2) is 0 Å². The molecule has 1 atom stereocenters. The van der Waals surface area contributed by atoms with Crippen LogP contribution in [0.4, 0.5) is 5.82 Å². The summed E-state index contributed by atoms with van der Waals surface area (Å²) >= 11 is 0. The van der Waals surface area contributed by atoms with Crippen LogP contribution in [0, 0.1) is 13.8 Å². The largest absolute Gasteiger partial charge is 0.460 e. The van der Waals surface area contributed by atoms with E-state index in [1.807, 2.05) is 37.7 Å². The minimum Gasteiger partial charge on any atom is -0.460 e. The van der Waals surface area contributed by atoms with Gasteiger partial charge in [0, 0.05) is 38.3 Å². The summed E-state index contributed by atoms with van der Waals surface area (Å²) in [5, 5.41) is 14.5. The zero-order valence-electron chi connectivity index (χ0n) is 15.8. The predicted molar refractivity (Wildman–Crippen MR) is 102 cm³/mol. The first kappa shape index (κ1) is 17.4. The van der Waals surface area contributed by atoms with E-state index in [0.717, 1.165) is 43.2 Å². The third-order valence-electron chi connectivity index (χ3n) is 4.87. The first-order valence-corrected chi connectivity index (χ1v) is 9.18. The lowest BCUT2D eigenvalue weighted by atomic mass is 10.1. The van der Waals surface area contributed by atoms with Gasteiger partial charge in [-0.2, -0.15) is 10.2 Å². The zero-order chi connectivity index (χ0) is 19.0. The Labute approximate surface area is 157 Å². The number of nitrogens with zero attached hydrogens (tertiary/aromatic N) is 4. The van der Waals surface area contributed by atoms with Crippen LogP contribution in [0.1, 0.15) is 34.8 Å². The van der Waals surface area contributed by atoms with Gasteiger partial charge < -0.3 is 14.6 Å². The van der Waals surface area contributed by atoms with Crippen LogP contribution in [0.3, 0.4) is 0 Å². The first-order chi connectivity index (χ1) is 13.0. The molecule has 1 amide bonds. The third-order valence-corrected chi connectivity index (χ3v) is 4.87. The van der Waals surface area contributed by atoms with Gasteiger partial charge in [0.25, 0.3) is 5.91 Å². The van der Waals surface area contributed by atoms with Gasteiger partial charge in [-0.05, 0) is 38.8 Å². The molecule has 1 unspecified atom stereocenters. The second-order valence-electron chi connectivity index (χ2n) is 7.10. The van der Waals surface area contributed by atoms with Gasteiger partial charge in [0.1, 0.15) is 17.3 Å². The molecule has 0 aromatic carbocycles. The molecular formula is C19H24N6O2. The molecule has 0 radical (unpaired) electrons. The van der Waals surface area contributed by atoms with Crippen molar-refractivity contribution in [2.45, 2.75) is 32.7 Å². The average Bonchev–Trinajstić information content (AvgIpc) is 3.35. The van der Waals surface area contributed by atoms with Crippen LogP contribution in [0.25, 0.3) is 11.5 Å². The maximum atomic E-state index is 12.6. The Kier molecular flexibility index (Phi) is 4.47. The molecule has 8 nitrogen and oxygen atoms in total. The maximum absolute atomic E-state index is 12.6. The van der Waals surface area contributed by atoms with Gasteiger partial charge in [-0.15, -0.1) is 0 Å². The number of carbonyl (C=O) groups excluding carboxylic acids is 1. The van der Waals surface area contributed by atoms with Crippen LogP contribution in [0.5, 0.6) is 0 Å². The number of aromatic nitrogens is 4. The molecule has 8 heteroatoms. The van der Waals surface area contributed by atoms with Crippen molar-refractivity contribution < 1.29 is 9.21 Å². The number of furan rings is 1. The summed E-state index contributed by atoms with van der Waals surface area (Å²) in [5.74, 6) is 2.41. The smallest absolute Gasteiger partial charge is 0.272 e. The van der Waals surface area contributed by atoms with Crippen molar-refractivity contribution >= 4 is 11.7 Å². The van der Waals surface area contributed by atoms with Crippen molar-refractivity contribution in [2.75, 3.05) is 18.0 Å². The Hall–Kier alpha value is -3.03. The summed E-state index contributed by atoms with van der Waals surface area (Å²) in [6, 6.07) is 7.62. The lowest BCUT2D eigenvalue weighted by molar-refractivity contribution is 0.0928. The fourth-order valence-corrected chi connectivity index (χ4v) is 3.60. The number of piperidine rings is 1. The quantitative estimate of drug-likeness (QED) is 0.738. The van der Waals surface area contributed by atoms with Gasteiger partial charge in [-0.3, -0.25) is 14.6 Å². The number of aryl methyl sites for hydroxylation is 3. The van der Waals surface area contributed by atoms with Crippen molar-refractivity contribution in [3.8, 4) is 11.5 Å². The SMILES string of the molecule is Cc1cc(N2CCCC(NC(=O)c3cc(-c4ccc(C)o4)[nH]n3)C2)n(C)n1. The third kappa shape index (κ3) is 3.60. The van der Waals surface area contributed by atoms with E-state index < -0.39 is 0 Å². The molecule has 4 heterocycles. The van der Waals surface area contributed by atoms with Crippen molar-refractivity contribution in [1.82, 2.24) is 25.3 Å². The molecule has 1 fully saturated rings. The number of rotatable bonds is 4. The molecule has 3 aromatic rings. The van der Waals surface area contributed by atoms with Crippen molar-refractivity contribution in [3.63, 3.8) is 0 Å². The second-order valence-corrected chi connectivity index (χ2v) is 7.10. The van der Waals surface area contributed by atoms with Gasteiger partial charge in [-0.1, -0.05) is 0 Å². The van der Waals surface area contributed by atoms with Crippen LogP contribution in [-0.4, -0.2) is 45.0 Å². The molecule has 0 spiro atoms. The number of hydrogen-bond acceptors (Lipinski definition) is 5. The molecule has 1 aliphatic rings. The monoisotopic (exact) mass is 368 g/mol. The standard InChI is InChI=1S/C19H24N6O2/c1-12-9-18(24(3)23-12)25-8-4-5-14(11-25)20-19(26)16-10-15(21-22-16)17-7-6-13(2)27-17/h6-7,9-10,14H,4-5,8,11H2,1-3H3,(H,20,26)(H,21,22). The van der Waals surface area contributed by atoms with Crippen LogP contribution < -0.4 is 10.2 Å². The highest BCUT2D eigenvalue weighted by molar-refractivity contribution is 5.93. The van der Waals surface area contributed by atoms with Gasteiger partial charge in [0.15, 0.2) is 11.5 Å². The Bertz CT molecular complexity index is 953. The van der Waals surface area contributed by atoms with Crippen molar-refractivity contribution in [2.24, 2.45) is 7.05 Å². The fraction of sp³-hybridized carbons (Fsp3) is 0.421. The van der Waals surface area contributed by atoms with Crippen LogP contribution >= 0.6 is 0 Å². The Morgan fingerprint density at radius 1 is 1.33 bits per heavy atom. The predicted octanol–water partition coefficient (Wildman–Crippen LogP) is 2.42. The highest BCUT2D eigenvalue weighted by atomic mass is 16.3. The zero-order valence-corrected chi connectivity index (χ0v) is 15.8. The normalized spacial score (nSPS) is 17.3. The van der Waals surface area contributed by atoms with E-state index in [1.54, 1.807) is 6.07 Å². The van der Waals surface area contributed by atoms with Crippen LogP contribution in [0.15, 0.2) is 28.7 Å². The first-order valence-electron chi connectivity index (χ1n) is 9.18. The molecule has 0 aliphatic carbocycles. The van der Waals surface area contributed by atoms with Crippen molar-refractivity contribution in [1.29, 1.82) is 0 Å². The molecule has 4 rings (SSSR count). The number of amides is 1.